The Morgan fingerprint density at radius 3 is 2.16 bits per heavy atom. The first-order chi connectivity index (χ1) is 11.9. The number of hydrogen-bond donors (Lipinski definition) is 3. The van der Waals surface area contributed by atoms with Gasteiger partial charge in [-0.2, -0.15) is 0 Å². The minimum absolute atomic E-state index is 0.208. The number of amides is 3. The average Bonchev–Trinajstić information content (AvgIpc) is 2.57. The molecule has 5 nitrogen and oxygen atoms in total. The lowest BCUT2D eigenvalue weighted by atomic mass is 10.1. The molecule has 0 unspecified atom stereocenters. The summed E-state index contributed by atoms with van der Waals surface area (Å²) in [4.78, 5) is 23.0. The molecule has 0 saturated heterocycles. The highest BCUT2D eigenvalue weighted by atomic mass is 19.1. The summed E-state index contributed by atoms with van der Waals surface area (Å²) >= 11 is 0. The zero-order chi connectivity index (χ0) is 18.4. The predicted octanol–water partition coefficient (Wildman–Crippen LogP) is 3.81. The lowest BCUT2D eigenvalue weighted by molar-refractivity contribution is -0.114. The normalized spacial score (nSPS) is 10.2. The van der Waals surface area contributed by atoms with Crippen LogP contribution >= 0.6 is 0 Å². The minimum Gasteiger partial charge on any atom is -0.334 e. The maximum absolute atomic E-state index is 13.8. The predicted molar refractivity (Wildman–Crippen MR) is 92.3 cm³/mol. The van der Waals surface area contributed by atoms with Crippen molar-refractivity contribution in [2.24, 2.45) is 0 Å². The Hall–Kier alpha value is -2.96. The SMILES string of the molecule is CCc1ccccc1CNC(=O)Nc1cc(NC(C)=O)c(F)cc1F. The summed E-state index contributed by atoms with van der Waals surface area (Å²) in [6.07, 6.45) is 0.826. The highest BCUT2D eigenvalue weighted by molar-refractivity contribution is 5.92. The second-order valence-corrected chi connectivity index (χ2v) is 5.42. The molecule has 3 amide bonds. The van der Waals surface area contributed by atoms with Gasteiger partial charge in [0.1, 0.15) is 11.6 Å². The average molecular weight is 347 g/mol. The number of aryl methyl sites for hydroxylation is 1. The molecule has 0 fully saturated rings. The van der Waals surface area contributed by atoms with E-state index < -0.39 is 23.6 Å². The van der Waals surface area contributed by atoms with Crippen molar-refractivity contribution in [3.05, 3.63) is 59.2 Å². The van der Waals surface area contributed by atoms with E-state index in [0.717, 1.165) is 23.6 Å². The van der Waals surface area contributed by atoms with Gasteiger partial charge in [-0.05, 0) is 23.6 Å². The topological polar surface area (TPSA) is 70.2 Å². The van der Waals surface area contributed by atoms with Crippen LogP contribution in [0.4, 0.5) is 25.0 Å². The molecule has 3 N–H and O–H groups in total. The van der Waals surface area contributed by atoms with Gasteiger partial charge in [0.25, 0.3) is 0 Å². The summed E-state index contributed by atoms with van der Waals surface area (Å²) in [5, 5.41) is 7.18. The molecular formula is C18H19F2N3O2. The van der Waals surface area contributed by atoms with E-state index in [1.54, 1.807) is 0 Å². The van der Waals surface area contributed by atoms with E-state index in [9.17, 15) is 18.4 Å². The van der Waals surface area contributed by atoms with Gasteiger partial charge in [-0.1, -0.05) is 31.2 Å². The van der Waals surface area contributed by atoms with E-state index in [1.165, 1.54) is 6.92 Å². The fraction of sp³-hybridized carbons (Fsp3) is 0.222. The van der Waals surface area contributed by atoms with Crippen molar-refractivity contribution in [3.8, 4) is 0 Å². The molecule has 0 aromatic heterocycles. The van der Waals surface area contributed by atoms with Crippen LogP contribution in [0.25, 0.3) is 0 Å². The first-order valence-corrected chi connectivity index (χ1v) is 7.79. The van der Waals surface area contributed by atoms with Crippen LogP contribution in [0.3, 0.4) is 0 Å². The van der Waals surface area contributed by atoms with E-state index in [0.29, 0.717) is 6.07 Å². The number of carbonyl (C=O) groups is 2. The largest absolute Gasteiger partial charge is 0.334 e. The fourth-order valence-corrected chi connectivity index (χ4v) is 2.35. The Morgan fingerprint density at radius 2 is 1.56 bits per heavy atom. The molecule has 2 aromatic rings. The van der Waals surface area contributed by atoms with E-state index in [1.807, 2.05) is 31.2 Å². The summed E-state index contributed by atoms with van der Waals surface area (Å²) in [7, 11) is 0. The van der Waals surface area contributed by atoms with Gasteiger partial charge in [0.05, 0.1) is 11.4 Å². The summed E-state index contributed by atoms with van der Waals surface area (Å²) in [5.41, 5.74) is 1.62. The van der Waals surface area contributed by atoms with Crippen LogP contribution in [0, 0.1) is 11.6 Å². The van der Waals surface area contributed by atoms with E-state index in [4.69, 9.17) is 0 Å². The summed E-state index contributed by atoms with van der Waals surface area (Å²) in [6, 6.07) is 8.65. The first-order valence-electron chi connectivity index (χ1n) is 7.79. The standard InChI is InChI=1S/C18H19F2N3O2/c1-3-12-6-4-5-7-13(12)10-21-18(25)23-17-9-16(22-11(2)24)14(19)8-15(17)20/h4-9H,3,10H2,1-2H3,(H,22,24)(H2,21,23,25). The van der Waals surface area contributed by atoms with Crippen LogP contribution < -0.4 is 16.0 Å². The summed E-state index contributed by atoms with van der Waals surface area (Å²) in [6.45, 7) is 3.49. The number of anilines is 2. The van der Waals surface area contributed by atoms with Crippen LogP contribution in [-0.4, -0.2) is 11.9 Å². The molecule has 2 rings (SSSR count). The molecule has 0 aliphatic carbocycles. The number of hydrogen-bond acceptors (Lipinski definition) is 2. The van der Waals surface area contributed by atoms with Gasteiger partial charge in [-0.3, -0.25) is 4.79 Å². The molecule has 0 spiro atoms. The molecule has 7 heteroatoms. The van der Waals surface area contributed by atoms with E-state index >= 15 is 0 Å². The molecule has 0 radical (unpaired) electrons. The van der Waals surface area contributed by atoms with Crippen LogP contribution in [0.15, 0.2) is 36.4 Å². The van der Waals surface area contributed by atoms with Crippen LogP contribution in [0.1, 0.15) is 25.0 Å². The number of benzene rings is 2. The Bertz CT molecular complexity index is 794. The number of nitrogens with one attached hydrogen (secondary N) is 3. The maximum Gasteiger partial charge on any atom is 0.319 e. The third-order valence-electron chi connectivity index (χ3n) is 3.55. The van der Waals surface area contributed by atoms with E-state index in [-0.39, 0.29) is 17.9 Å². The van der Waals surface area contributed by atoms with Gasteiger partial charge in [0.2, 0.25) is 5.91 Å². The van der Waals surface area contributed by atoms with Gasteiger partial charge in [-0.15, -0.1) is 0 Å². The van der Waals surface area contributed by atoms with Gasteiger partial charge >= 0.3 is 6.03 Å². The minimum atomic E-state index is -0.935. The van der Waals surface area contributed by atoms with Crippen molar-refractivity contribution >= 4 is 23.3 Å². The van der Waals surface area contributed by atoms with Crippen molar-refractivity contribution in [1.29, 1.82) is 0 Å². The van der Waals surface area contributed by atoms with Crippen molar-refractivity contribution in [3.63, 3.8) is 0 Å². The molecule has 25 heavy (non-hydrogen) atoms. The molecule has 0 saturated carbocycles. The fourth-order valence-electron chi connectivity index (χ4n) is 2.35. The Morgan fingerprint density at radius 1 is 0.960 bits per heavy atom. The van der Waals surface area contributed by atoms with Crippen LogP contribution in [0.2, 0.25) is 0 Å². The number of carbonyl (C=O) groups excluding carboxylic acids is 2. The highest BCUT2D eigenvalue weighted by Crippen LogP contribution is 2.23. The van der Waals surface area contributed by atoms with Crippen molar-refractivity contribution in [2.45, 2.75) is 26.8 Å². The molecule has 0 bridgehead atoms. The van der Waals surface area contributed by atoms with Crippen molar-refractivity contribution < 1.29 is 18.4 Å². The number of rotatable bonds is 5. The number of urea groups is 1. The van der Waals surface area contributed by atoms with E-state index in [2.05, 4.69) is 16.0 Å². The van der Waals surface area contributed by atoms with Crippen molar-refractivity contribution in [1.82, 2.24) is 5.32 Å². The molecule has 0 aliphatic rings. The lowest BCUT2D eigenvalue weighted by Gasteiger charge is -2.12. The lowest BCUT2D eigenvalue weighted by Crippen LogP contribution is -2.29. The Kier molecular flexibility index (Phi) is 6.05. The van der Waals surface area contributed by atoms with Gasteiger partial charge in [0, 0.05) is 19.5 Å². The smallest absolute Gasteiger partial charge is 0.319 e. The molecule has 132 valence electrons. The molecule has 0 atom stereocenters. The third kappa shape index (κ3) is 5.00. The van der Waals surface area contributed by atoms with Crippen LogP contribution in [0.5, 0.6) is 0 Å². The molecule has 0 aliphatic heterocycles. The zero-order valence-corrected chi connectivity index (χ0v) is 14.0. The molecule has 0 heterocycles. The quantitative estimate of drug-likeness (QED) is 0.770. The zero-order valence-electron chi connectivity index (χ0n) is 14.0. The third-order valence-corrected chi connectivity index (χ3v) is 3.55. The Balaban J connectivity index is 2.06. The Labute approximate surface area is 144 Å². The van der Waals surface area contributed by atoms with Gasteiger partial charge < -0.3 is 16.0 Å². The number of halogens is 2. The van der Waals surface area contributed by atoms with Crippen LogP contribution in [-0.2, 0) is 17.8 Å². The monoisotopic (exact) mass is 347 g/mol. The van der Waals surface area contributed by atoms with Gasteiger partial charge in [0.15, 0.2) is 0 Å². The second-order valence-electron chi connectivity index (χ2n) is 5.42. The summed E-state index contributed by atoms with van der Waals surface area (Å²) < 4.78 is 27.4. The second kappa shape index (κ2) is 8.23. The summed E-state index contributed by atoms with van der Waals surface area (Å²) in [5.74, 6) is -2.36. The first kappa shape index (κ1) is 18.4. The molecule has 2 aromatic carbocycles. The maximum atomic E-state index is 13.8. The molecular weight excluding hydrogens is 328 g/mol. The highest BCUT2D eigenvalue weighted by Gasteiger charge is 2.13. The van der Waals surface area contributed by atoms with Crippen molar-refractivity contribution in [2.75, 3.05) is 10.6 Å². The van der Waals surface area contributed by atoms with Gasteiger partial charge in [-0.25, -0.2) is 13.6 Å².